The van der Waals surface area contributed by atoms with Gasteiger partial charge in [0.1, 0.15) is 29.1 Å². The summed E-state index contributed by atoms with van der Waals surface area (Å²) in [7, 11) is 1.56. The minimum atomic E-state index is -1.000. The lowest BCUT2D eigenvalue weighted by molar-refractivity contribution is -0.132. The lowest BCUT2D eigenvalue weighted by Gasteiger charge is -2.23. The van der Waals surface area contributed by atoms with Gasteiger partial charge in [-0.15, -0.1) is 0 Å². The fourth-order valence-corrected chi connectivity index (χ4v) is 3.90. The first-order chi connectivity index (χ1) is 15.3. The number of methoxy groups -OCH3 is 1. The molecule has 7 heteroatoms. The van der Waals surface area contributed by atoms with E-state index in [1.54, 1.807) is 37.4 Å². The largest absolute Gasteiger partial charge is 0.507 e. The Kier molecular flexibility index (Phi) is 5.57. The highest BCUT2D eigenvalue weighted by Gasteiger charge is 2.48. The molecule has 32 heavy (non-hydrogen) atoms. The Bertz CT molecular complexity index is 1200. The molecule has 1 N–H and O–H groups in total. The van der Waals surface area contributed by atoms with E-state index in [2.05, 4.69) is 0 Å². The Hall–Kier alpha value is -3.87. The van der Waals surface area contributed by atoms with Crippen molar-refractivity contribution in [1.29, 1.82) is 0 Å². The molecule has 1 aliphatic heterocycles. The van der Waals surface area contributed by atoms with Gasteiger partial charge in [-0.1, -0.05) is 13.8 Å². The van der Waals surface area contributed by atoms with E-state index in [0.29, 0.717) is 22.8 Å². The Morgan fingerprint density at radius 2 is 1.84 bits per heavy atom. The molecule has 3 aromatic rings. The zero-order chi connectivity index (χ0) is 23.0. The van der Waals surface area contributed by atoms with E-state index in [4.69, 9.17) is 9.15 Å². The fourth-order valence-electron chi connectivity index (χ4n) is 3.90. The third-order valence-electron chi connectivity index (χ3n) is 5.49. The van der Waals surface area contributed by atoms with Crippen LogP contribution in [0.15, 0.2) is 70.9 Å². The average Bonchev–Trinajstić information content (AvgIpc) is 3.40. The average molecular weight is 435 g/mol. The van der Waals surface area contributed by atoms with Gasteiger partial charge in [-0.3, -0.25) is 14.5 Å². The molecule has 1 aromatic heterocycles. The number of halogens is 1. The molecule has 0 bridgehead atoms. The molecule has 4 rings (SSSR count). The number of benzene rings is 2. The number of furan rings is 1. The molecule has 1 atom stereocenters. The van der Waals surface area contributed by atoms with Crippen molar-refractivity contribution in [3.05, 3.63) is 89.1 Å². The molecule has 1 aliphatic rings. The van der Waals surface area contributed by atoms with E-state index >= 15 is 0 Å². The number of Topliss-reactive ketones (excluding diaryl/α,β-unsaturated/α-hetero) is 1. The number of rotatable bonds is 5. The van der Waals surface area contributed by atoms with Crippen molar-refractivity contribution >= 4 is 23.1 Å². The van der Waals surface area contributed by atoms with Gasteiger partial charge in [0.05, 0.1) is 18.9 Å². The Morgan fingerprint density at radius 1 is 1.12 bits per heavy atom. The normalized spacial score (nSPS) is 17.9. The van der Waals surface area contributed by atoms with Gasteiger partial charge in [-0.05, 0) is 66.1 Å². The molecule has 0 spiro atoms. The maximum Gasteiger partial charge on any atom is 0.300 e. The van der Waals surface area contributed by atoms with Crippen molar-refractivity contribution < 1.29 is 28.2 Å². The topological polar surface area (TPSA) is 80.0 Å². The quantitative estimate of drug-likeness (QED) is 0.339. The highest BCUT2D eigenvalue weighted by atomic mass is 19.1. The Morgan fingerprint density at radius 3 is 2.44 bits per heavy atom. The van der Waals surface area contributed by atoms with Crippen LogP contribution in [0.1, 0.15) is 42.7 Å². The van der Waals surface area contributed by atoms with Crippen LogP contribution in [-0.2, 0) is 9.59 Å². The van der Waals surface area contributed by atoms with Crippen LogP contribution in [0, 0.1) is 5.82 Å². The van der Waals surface area contributed by atoms with Crippen LogP contribution >= 0.6 is 0 Å². The van der Waals surface area contributed by atoms with Crippen molar-refractivity contribution in [3.63, 3.8) is 0 Å². The molecule has 0 radical (unpaired) electrons. The number of ketones is 1. The predicted molar refractivity (Wildman–Crippen MR) is 117 cm³/mol. The van der Waals surface area contributed by atoms with E-state index in [1.165, 1.54) is 35.4 Å². The van der Waals surface area contributed by atoms with Gasteiger partial charge < -0.3 is 14.3 Å². The summed E-state index contributed by atoms with van der Waals surface area (Å²) in [5.41, 5.74) is 1.43. The highest BCUT2D eigenvalue weighted by molar-refractivity contribution is 6.51. The van der Waals surface area contributed by atoms with Gasteiger partial charge >= 0.3 is 0 Å². The van der Waals surface area contributed by atoms with E-state index in [-0.39, 0.29) is 17.3 Å². The number of aliphatic hydroxyl groups excluding tert-OH is 1. The number of nitrogens with zero attached hydrogens (tertiary/aromatic N) is 1. The van der Waals surface area contributed by atoms with Gasteiger partial charge in [-0.25, -0.2) is 4.39 Å². The van der Waals surface area contributed by atoms with Crippen LogP contribution in [0.5, 0.6) is 5.75 Å². The number of hydrogen-bond donors (Lipinski definition) is 1. The van der Waals surface area contributed by atoms with E-state index in [1.807, 2.05) is 13.8 Å². The SMILES string of the molecule is COc1ccc(/C(O)=C2/C(=O)C(=O)N(c3ccc(F)cc3)C2c2ccco2)cc1C(C)C. The van der Waals surface area contributed by atoms with Crippen LogP contribution in [0.25, 0.3) is 5.76 Å². The number of ether oxygens (including phenoxy) is 1. The van der Waals surface area contributed by atoms with Gasteiger partial charge in [0, 0.05) is 11.3 Å². The molecule has 0 saturated carbocycles. The highest BCUT2D eigenvalue weighted by Crippen LogP contribution is 2.42. The molecule has 6 nitrogen and oxygen atoms in total. The summed E-state index contributed by atoms with van der Waals surface area (Å²) in [6.45, 7) is 3.97. The number of anilines is 1. The van der Waals surface area contributed by atoms with Crippen molar-refractivity contribution in [1.82, 2.24) is 0 Å². The van der Waals surface area contributed by atoms with E-state index in [9.17, 15) is 19.1 Å². The van der Waals surface area contributed by atoms with E-state index < -0.39 is 23.5 Å². The molecule has 2 aromatic carbocycles. The van der Waals surface area contributed by atoms with Crippen LogP contribution in [0.3, 0.4) is 0 Å². The minimum Gasteiger partial charge on any atom is -0.507 e. The van der Waals surface area contributed by atoms with Crippen LogP contribution in [0.2, 0.25) is 0 Å². The molecular formula is C25H22FNO5. The summed E-state index contributed by atoms with van der Waals surface area (Å²) < 4.78 is 24.4. The van der Waals surface area contributed by atoms with Gasteiger partial charge in [0.15, 0.2) is 0 Å². The molecule has 164 valence electrons. The molecule has 1 fully saturated rings. The summed E-state index contributed by atoms with van der Waals surface area (Å²) >= 11 is 0. The maximum atomic E-state index is 13.5. The first-order valence-corrected chi connectivity index (χ1v) is 10.1. The predicted octanol–water partition coefficient (Wildman–Crippen LogP) is 5.18. The second-order valence-corrected chi connectivity index (χ2v) is 7.77. The second kappa shape index (κ2) is 8.34. The molecular weight excluding hydrogens is 413 g/mol. The monoisotopic (exact) mass is 435 g/mol. The standard InChI is InChI=1S/C25H22FNO5/c1-14(2)18-13-15(6-11-19(18)31-3)23(28)21-22(20-5-4-12-32-20)27(25(30)24(21)29)17-9-7-16(26)8-10-17/h4-14,22,28H,1-3H3/b23-21-. The summed E-state index contributed by atoms with van der Waals surface area (Å²) in [5.74, 6) is -1.43. The summed E-state index contributed by atoms with van der Waals surface area (Å²) in [6, 6.07) is 12.5. The van der Waals surface area contributed by atoms with Crippen molar-refractivity contribution in [2.45, 2.75) is 25.8 Å². The number of aliphatic hydroxyl groups is 1. The lowest BCUT2D eigenvalue weighted by atomic mass is 9.95. The zero-order valence-electron chi connectivity index (χ0n) is 17.8. The lowest BCUT2D eigenvalue weighted by Crippen LogP contribution is -2.29. The maximum absolute atomic E-state index is 13.5. The molecule has 0 aliphatic carbocycles. The van der Waals surface area contributed by atoms with Crippen molar-refractivity contribution in [2.75, 3.05) is 12.0 Å². The smallest absolute Gasteiger partial charge is 0.300 e. The second-order valence-electron chi connectivity index (χ2n) is 7.77. The third-order valence-corrected chi connectivity index (χ3v) is 5.49. The van der Waals surface area contributed by atoms with Gasteiger partial charge in [0.2, 0.25) is 0 Å². The summed E-state index contributed by atoms with van der Waals surface area (Å²) in [4.78, 5) is 27.3. The van der Waals surface area contributed by atoms with Crippen molar-refractivity contribution in [2.24, 2.45) is 0 Å². The molecule has 1 unspecified atom stereocenters. The molecule has 1 amide bonds. The summed E-state index contributed by atoms with van der Waals surface area (Å²) in [6.07, 6.45) is 1.42. The van der Waals surface area contributed by atoms with Crippen LogP contribution < -0.4 is 9.64 Å². The Labute approximate surface area is 184 Å². The molecule has 1 saturated heterocycles. The minimum absolute atomic E-state index is 0.0974. The molecule has 2 heterocycles. The first-order valence-electron chi connectivity index (χ1n) is 10.1. The zero-order valence-corrected chi connectivity index (χ0v) is 17.8. The Balaban J connectivity index is 1.91. The van der Waals surface area contributed by atoms with Crippen molar-refractivity contribution in [3.8, 4) is 5.75 Å². The fraction of sp³-hybridized carbons (Fsp3) is 0.200. The number of hydrogen-bond acceptors (Lipinski definition) is 5. The first kappa shape index (κ1) is 21.4. The van der Waals surface area contributed by atoms with E-state index in [0.717, 1.165) is 5.56 Å². The number of carbonyl (C=O) groups excluding carboxylic acids is 2. The number of amides is 1. The third kappa shape index (κ3) is 3.56. The summed E-state index contributed by atoms with van der Waals surface area (Å²) in [5, 5.41) is 11.2. The van der Waals surface area contributed by atoms with Crippen LogP contribution in [-0.4, -0.2) is 23.9 Å². The van der Waals surface area contributed by atoms with Gasteiger partial charge in [0.25, 0.3) is 11.7 Å². The number of carbonyl (C=O) groups is 2. The van der Waals surface area contributed by atoms with Gasteiger partial charge in [-0.2, -0.15) is 0 Å². The van der Waals surface area contributed by atoms with Crippen LogP contribution in [0.4, 0.5) is 10.1 Å².